The molecule has 0 unspecified atom stereocenters. The minimum Gasteiger partial charge on any atom is -0.466 e. The molecule has 0 bridgehead atoms. The number of sulfonamides is 1. The fraction of sp³-hybridized carbons (Fsp3) is 0.286. The maximum absolute atomic E-state index is 14.9. The van der Waals surface area contributed by atoms with Gasteiger partial charge < -0.3 is 15.0 Å². The molecule has 11 nitrogen and oxygen atoms in total. The van der Waals surface area contributed by atoms with Crippen LogP contribution in [-0.4, -0.2) is 51.6 Å². The summed E-state index contributed by atoms with van der Waals surface area (Å²) in [6, 6.07) is 1.86. The van der Waals surface area contributed by atoms with E-state index in [0.717, 1.165) is 34.9 Å². The highest BCUT2D eigenvalue weighted by Gasteiger charge is 2.42. The molecule has 4 rings (SSSR count). The van der Waals surface area contributed by atoms with Crippen molar-refractivity contribution < 1.29 is 30.8 Å². The molecule has 0 spiro atoms. The van der Waals surface area contributed by atoms with E-state index < -0.39 is 44.3 Å². The lowest BCUT2D eigenvalue weighted by Crippen LogP contribution is -2.50. The first-order valence-electron chi connectivity index (χ1n) is 10.3. The molecule has 1 atom stereocenters. The molecule has 3 aromatic rings. The van der Waals surface area contributed by atoms with Crippen molar-refractivity contribution in [2.24, 2.45) is 10.7 Å². The smallest absolute Gasteiger partial charge is 0.264 e. The van der Waals surface area contributed by atoms with Gasteiger partial charge >= 0.3 is 0 Å². The molecule has 2 N–H and O–H groups in total. The molecule has 2 aromatic heterocycles. The van der Waals surface area contributed by atoms with Crippen molar-refractivity contribution in [3.8, 4) is 5.88 Å². The first-order chi connectivity index (χ1) is 16.9. The van der Waals surface area contributed by atoms with Gasteiger partial charge in [-0.25, -0.2) is 40.9 Å². The lowest BCUT2D eigenvalue weighted by molar-refractivity contribution is 0.234. The summed E-state index contributed by atoms with van der Waals surface area (Å²) in [4.78, 5) is 15.9. The maximum Gasteiger partial charge on any atom is 0.264 e. The van der Waals surface area contributed by atoms with E-state index in [1.54, 1.807) is 6.92 Å². The van der Waals surface area contributed by atoms with Crippen molar-refractivity contribution in [2.75, 3.05) is 12.8 Å². The zero-order chi connectivity index (χ0) is 26.3. The number of nitrogens with two attached hydrogens (primary N) is 1. The summed E-state index contributed by atoms with van der Waals surface area (Å²) in [5, 5.41) is 3.62. The summed E-state index contributed by atoms with van der Waals surface area (Å²) in [6.45, 7) is 2.87. The highest BCUT2D eigenvalue weighted by atomic mass is 32.2. The molecule has 0 radical (unpaired) electrons. The third-order valence-corrected chi connectivity index (χ3v) is 7.22. The number of aryl methyl sites for hydroxylation is 1. The highest BCUT2D eigenvalue weighted by Crippen LogP contribution is 2.35. The number of aliphatic imine (C=N–C) groups is 1. The maximum atomic E-state index is 14.9. The predicted octanol–water partition coefficient (Wildman–Crippen LogP) is 2.30. The van der Waals surface area contributed by atoms with Crippen LogP contribution in [0.1, 0.15) is 35.5 Å². The summed E-state index contributed by atoms with van der Waals surface area (Å²) in [6.07, 6.45) is 3.14. The number of nitrogens with zero attached hydrogens (tertiary/aromatic N) is 6. The van der Waals surface area contributed by atoms with Crippen LogP contribution in [0, 0.1) is 18.6 Å². The van der Waals surface area contributed by atoms with Gasteiger partial charge in [0.1, 0.15) is 11.2 Å². The Morgan fingerprint density at radius 1 is 1.31 bits per heavy atom. The molecule has 3 heterocycles. The van der Waals surface area contributed by atoms with Gasteiger partial charge in [-0.3, -0.25) is 0 Å². The van der Waals surface area contributed by atoms with E-state index in [4.69, 9.17) is 15.0 Å². The summed E-state index contributed by atoms with van der Waals surface area (Å²) in [7, 11) is -2.75. The molecule has 0 saturated heterocycles. The van der Waals surface area contributed by atoms with E-state index in [1.165, 1.54) is 14.0 Å². The third kappa shape index (κ3) is 5.00. The average Bonchev–Trinajstić information content (AvgIpc) is 3.23. The Hall–Kier alpha value is -4.01. The Morgan fingerprint density at radius 3 is 2.67 bits per heavy atom. The van der Waals surface area contributed by atoms with Crippen LogP contribution in [0.5, 0.6) is 5.88 Å². The number of benzene rings is 1. The van der Waals surface area contributed by atoms with Gasteiger partial charge in [0.25, 0.3) is 5.89 Å². The summed E-state index contributed by atoms with van der Waals surface area (Å²) in [5.74, 6) is -3.89. The molecule has 15 heteroatoms. The number of halogens is 3. The zero-order valence-electron chi connectivity index (χ0n) is 19.2. The van der Waals surface area contributed by atoms with Crippen LogP contribution in [0.2, 0.25) is 0 Å². The van der Waals surface area contributed by atoms with Crippen molar-refractivity contribution in [1.82, 2.24) is 24.4 Å². The quantitative estimate of drug-likeness (QED) is 0.513. The van der Waals surface area contributed by atoms with Crippen LogP contribution >= 0.6 is 0 Å². The monoisotopic (exact) mass is 523 g/mol. The van der Waals surface area contributed by atoms with Gasteiger partial charge in [-0.05, 0) is 37.6 Å². The number of hydrogen-bond donors (Lipinski definition) is 1. The molecular weight excluding hydrogens is 503 g/mol. The Kier molecular flexibility index (Phi) is 6.43. The van der Waals surface area contributed by atoms with Gasteiger partial charge in [0, 0.05) is 12.6 Å². The summed E-state index contributed by atoms with van der Waals surface area (Å²) < 4.78 is 79.9. The molecular formula is C21H20F3N7O4S. The number of ether oxygens (including phenoxy) is 1. The van der Waals surface area contributed by atoms with E-state index in [9.17, 15) is 21.6 Å². The summed E-state index contributed by atoms with van der Waals surface area (Å²) in [5.41, 5.74) is 3.25. The van der Waals surface area contributed by atoms with Crippen molar-refractivity contribution >= 4 is 27.9 Å². The average molecular weight is 523 g/mol. The van der Waals surface area contributed by atoms with Gasteiger partial charge in [0.15, 0.2) is 29.9 Å². The summed E-state index contributed by atoms with van der Waals surface area (Å²) >= 11 is 0. The molecule has 190 valence electrons. The lowest BCUT2D eigenvalue weighted by Gasteiger charge is -2.34. The lowest BCUT2D eigenvalue weighted by atomic mass is 9.92. The van der Waals surface area contributed by atoms with Crippen molar-refractivity contribution in [1.29, 1.82) is 0 Å². The predicted molar refractivity (Wildman–Crippen MR) is 121 cm³/mol. The second kappa shape index (κ2) is 9.22. The highest BCUT2D eigenvalue weighted by molar-refractivity contribution is 7.89. The number of aromatic nitrogens is 4. The normalized spacial score (nSPS) is 19.8. The van der Waals surface area contributed by atoms with Crippen LogP contribution < -0.4 is 10.5 Å². The number of hydrogen-bond acceptors (Lipinski definition) is 10. The van der Waals surface area contributed by atoms with E-state index in [2.05, 4.69) is 25.1 Å². The SMILES string of the molecule is Cc1noc(COc2cnc(/C(F)=C/c3cc(F)c(F)c([C@]4(C)CS(=O)(=O)N(C)C(N)=N4)c3)cn2)n1. The molecule has 1 aliphatic heterocycles. The molecule has 1 aliphatic rings. The Bertz CT molecular complexity index is 1480. The number of guanidine groups is 1. The van der Waals surface area contributed by atoms with Crippen LogP contribution in [0.25, 0.3) is 11.9 Å². The van der Waals surface area contributed by atoms with Gasteiger partial charge in [0.05, 0.1) is 18.1 Å². The fourth-order valence-electron chi connectivity index (χ4n) is 3.44. The minimum atomic E-state index is -3.94. The van der Waals surface area contributed by atoms with Gasteiger partial charge in [0.2, 0.25) is 21.9 Å². The molecule has 0 amide bonds. The largest absolute Gasteiger partial charge is 0.466 e. The van der Waals surface area contributed by atoms with E-state index >= 15 is 0 Å². The van der Waals surface area contributed by atoms with Crippen molar-refractivity contribution in [2.45, 2.75) is 26.0 Å². The molecule has 1 aromatic carbocycles. The third-order valence-electron chi connectivity index (χ3n) is 5.27. The van der Waals surface area contributed by atoms with Crippen LogP contribution in [0.3, 0.4) is 0 Å². The first kappa shape index (κ1) is 25.1. The second-order valence-corrected chi connectivity index (χ2v) is 10.1. The first-order valence-corrected chi connectivity index (χ1v) is 11.9. The molecule has 0 fully saturated rings. The molecule has 0 saturated carbocycles. The topological polar surface area (TPSA) is 150 Å². The Balaban J connectivity index is 1.60. The van der Waals surface area contributed by atoms with Crippen molar-refractivity contribution in [3.63, 3.8) is 0 Å². The van der Waals surface area contributed by atoms with Crippen molar-refractivity contribution in [3.05, 3.63) is 64.7 Å². The number of rotatable bonds is 6. The molecule has 36 heavy (non-hydrogen) atoms. The van der Waals surface area contributed by atoms with Crippen LogP contribution in [0.4, 0.5) is 13.2 Å². The van der Waals surface area contributed by atoms with Crippen LogP contribution in [0.15, 0.2) is 34.0 Å². The Morgan fingerprint density at radius 2 is 2.06 bits per heavy atom. The van der Waals surface area contributed by atoms with Gasteiger partial charge in [-0.15, -0.1) is 0 Å². The van der Waals surface area contributed by atoms with Crippen LogP contribution in [-0.2, 0) is 22.2 Å². The Labute approximate surface area is 203 Å². The van der Waals surface area contributed by atoms with E-state index in [1.807, 2.05) is 0 Å². The van der Waals surface area contributed by atoms with E-state index in [0.29, 0.717) is 5.82 Å². The van der Waals surface area contributed by atoms with Gasteiger partial charge in [-0.2, -0.15) is 4.98 Å². The standard InChI is InChI=1S/C21H20F3N7O4S/c1-11-28-18(35-30-11)9-34-17-8-26-16(7-27-17)14(22)5-12-4-13(19(24)15(23)6-12)21(2)10-36(32,33)31(3)20(25)29-21/h4-8H,9-10H2,1-3H3,(H2,25,29)/b14-5-/t21-/m0/s1. The molecule has 0 aliphatic carbocycles. The van der Waals surface area contributed by atoms with E-state index in [-0.39, 0.29) is 35.6 Å². The fourth-order valence-corrected chi connectivity index (χ4v) is 4.89. The second-order valence-electron chi connectivity index (χ2n) is 8.09. The van der Waals surface area contributed by atoms with Gasteiger partial charge in [-0.1, -0.05) is 5.16 Å². The zero-order valence-corrected chi connectivity index (χ0v) is 20.1. The minimum absolute atomic E-state index is 0.0596.